The van der Waals surface area contributed by atoms with Gasteiger partial charge in [0.05, 0.1) is 64.9 Å². The average Bonchev–Trinajstić information content (AvgIpc) is 3.64. The minimum absolute atomic E-state index is 0.812. The average molecular weight is 686 g/mol. The highest BCUT2D eigenvalue weighted by Gasteiger charge is 2.11. The van der Waals surface area contributed by atoms with E-state index in [1.807, 2.05) is 219 Å². The van der Waals surface area contributed by atoms with Crippen molar-refractivity contribution in [1.29, 1.82) is 0 Å². The summed E-state index contributed by atoms with van der Waals surface area (Å²) in [6.07, 6.45) is 13.7. The van der Waals surface area contributed by atoms with Gasteiger partial charge in [0.1, 0.15) is 18.4 Å². The van der Waals surface area contributed by atoms with Gasteiger partial charge in [-0.1, -0.05) is 46.1 Å². The second-order valence-corrected chi connectivity index (χ2v) is 12.2. The summed E-state index contributed by atoms with van der Waals surface area (Å²) in [6.45, 7) is 2.05. The van der Waals surface area contributed by atoms with Gasteiger partial charge in [-0.15, -0.1) is 0 Å². The molecule has 0 aliphatic rings. The van der Waals surface area contributed by atoms with Crippen LogP contribution >= 0.6 is 0 Å². The van der Waals surface area contributed by atoms with Crippen molar-refractivity contribution in [1.82, 2.24) is 9.13 Å². The zero-order chi connectivity index (χ0) is 36.8. The molecule has 12 heteroatoms. The largest absolute Gasteiger partial charge is 0.421 e. The molecule has 6 rings (SSSR count). The molecule has 0 aliphatic carbocycles. The summed E-state index contributed by atoms with van der Waals surface area (Å²) < 4.78 is 9.71. The lowest BCUT2D eigenvalue weighted by Gasteiger charge is -2.11. The number of para-hydroxylation sites is 1. The maximum absolute atomic E-state index is 4.39. The topological polar surface area (TPSA) is 89.8 Å². The van der Waals surface area contributed by atoms with E-state index in [1.165, 1.54) is 5.56 Å². The fourth-order valence-electron chi connectivity index (χ4n) is 4.54. The molecule has 0 spiro atoms. The van der Waals surface area contributed by atoms with Crippen LogP contribution in [0.25, 0.3) is 0 Å². The Hall–Kier alpha value is -6.30. The molecule has 51 heavy (non-hydrogen) atoms. The van der Waals surface area contributed by atoms with Crippen LogP contribution in [0.2, 0.25) is 0 Å². The van der Waals surface area contributed by atoms with Gasteiger partial charge in [0.25, 0.3) is 0 Å². The predicted molar refractivity (Wildman–Crippen MR) is 204 cm³/mol. The maximum Gasteiger partial charge on any atom is 0.421 e. The zero-order valence-corrected chi connectivity index (χ0v) is 31.1. The van der Waals surface area contributed by atoms with E-state index >= 15 is 0 Å². The van der Waals surface area contributed by atoms with E-state index in [-0.39, 0.29) is 0 Å². The minimum atomic E-state index is 0.812. The van der Waals surface area contributed by atoms with Gasteiger partial charge < -0.3 is 4.90 Å². The van der Waals surface area contributed by atoms with Crippen LogP contribution < -0.4 is 23.6 Å². The molecule has 0 radical (unpaired) electrons. The van der Waals surface area contributed by atoms with E-state index in [2.05, 4.69) is 37.4 Å². The van der Waals surface area contributed by atoms with Crippen molar-refractivity contribution in [3.63, 3.8) is 0 Å². The first kappa shape index (κ1) is 37.5. The molecular formula is C39H49N12+3. The van der Waals surface area contributed by atoms with E-state index in [9.17, 15) is 0 Å². The van der Waals surface area contributed by atoms with E-state index in [1.54, 1.807) is 0 Å². The normalized spacial score (nSPS) is 11.0. The van der Waals surface area contributed by atoms with Gasteiger partial charge in [0, 0.05) is 54.8 Å². The summed E-state index contributed by atoms with van der Waals surface area (Å²) in [5.41, 5.74) is 6.26. The van der Waals surface area contributed by atoms with Gasteiger partial charge in [-0.3, -0.25) is 5.01 Å². The second kappa shape index (κ2) is 18.5. The Balaban J connectivity index is 0.000000172. The number of pyridine rings is 1. The van der Waals surface area contributed by atoms with E-state index in [0.29, 0.717) is 0 Å². The molecule has 3 aromatic carbocycles. The number of aryl methyl sites for hydroxylation is 6. The molecule has 0 saturated heterocycles. The highest BCUT2D eigenvalue weighted by molar-refractivity contribution is 5.79. The van der Waals surface area contributed by atoms with Crippen molar-refractivity contribution in [3.8, 4) is 0 Å². The Bertz CT molecular complexity index is 1980. The third-order valence-electron chi connectivity index (χ3n) is 7.71. The monoisotopic (exact) mass is 685 g/mol. The van der Waals surface area contributed by atoms with Crippen LogP contribution in [0.15, 0.2) is 154 Å². The van der Waals surface area contributed by atoms with Gasteiger partial charge in [0.2, 0.25) is 0 Å². The molecule has 3 heterocycles. The lowest BCUT2D eigenvalue weighted by Crippen LogP contribution is -2.25. The first-order chi connectivity index (χ1) is 24.5. The number of benzene rings is 3. The molecular weight excluding hydrogens is 637 g/mol. The molecule has 3 aromatic heterocycles. The van der Waals surface area contributed by atoms with Gasteiger partial charge in [-0.05, 0) is 55.5 Å². The molecule has 0 saturated carbocycles. The third kappa shape index (κ3) is 11.7. The summed E-state index contributed by atoms with van der Waals surface area (Å²) in [4.78, 5) is 2.05. The third-order valence-corrected chi connectivity index (χ3v) is 7.71. The summed E-state index contributed by atoms with van der Waals surface area (Å²) in [7, 11) is 15.8. The summed E-state index contributed by atoms with van der Waals surface area (Å²) in [5.74, 6) is 1.63. The Morgan fingerprint density at radius 3 is 1.51 bits per heavy atom. The highest BCUT2D eigenvalue weighted by atomic mass is 15.4. The molecule has 0 aliphatic heterocycles. The lowest BCUT2D eigenvalue weighted by molar-refractivity contribution is -0.671. The van der Waals surface area contributed by atoms with Crippen LogP contribution in [-0.4, -0.2) is 36.5 Å². The van der Waals surface area contributed by atoms with Crippen LogP contribution in [0.3, 0.4) is 0 Å². The lowest BCUT2D eigenvalue weighted by atomic mass is 10.2. The Morgan fingerprint density at radius 2 is 1.06 bits per heavy atom. The van der Waals surface area contributed by atoms with Crippen molar-refractivity contribution in [3.05, 3.63) is 139 Å². The van der Waals surface area contributed by atoms with Gasteiger partial charge in [-0.25, -0.2) is 22.8 Å². The Morgan fingerprint density at radius 1 is 0.569 bits per heavy atom. The molecule has 262 valence electrons. The van der Waals surface area contributed by atoms with E-state index in [4.69, 9.17) is 0 Å². The number of hydrogen-bond donors (Lipinski definition) is 0. The van der Waals surface area contributed by atoms with Gasteiger partial charge >= 0.3 is 11.9 Å². The van der Waals surface area contributed by atoms with Crippen LogP contribution in [0.1, 0.15) is 11.1 Å². The fourth-order valence-corrected chi connectivity index (χ4v) is 4.54. The summed E-state index contributed by atoms with van der Waals surface area (Å²) >= 11 is 0. The standard InChI is InChI=1S/C14H16N3.C13H18N5.C12H15N4/c1-16-10-8-13(9-11-16)12-15-17(2)14-6-4-3-5-7-14;1-16(2)12-7-5-11(6-8-12)14-15-13-17(3)9-10-18(13)4;1-10-4-6-11(7-5-10)13-14-12-15(2)8-9-16(12)3/h3-12H,1-2H3;5-10H,1-4H3;4-9H,1-3H3/q3*+1. The van der Waals surface area contributed by atoms with Crippen molar-refractivity contribution in [2.24, 2.45) is 60.8 Å². The maximum atomic E-state index is 4.39. The van der Waals surface area contributed by atoms with Crippen molar-refractivity contribution in [2.75, 3.05) is 31.1 Å². The molecule has 0 bridgehead atoms. The molecule has 6 aromatic rings. The number of nitrogens with zero attached hydrogens (tertiary/aromatic N) is 12. The van der Waals surface area contributed by atoms with Crippen LogP contribution in [0, 0.1) is 6.92 Å². The predicted octanol–water partition coefficient (Wildman–Crippen LogP) is 6.89. The molecule has 12 nitrogen and oxygen atoms in total. The highest BCUT2D eigenvalue weighted by Crippen LogP contribution is 2.20. The zero-order valence-electron chi connectivity index (χ0n) is 31.1. The molecule has 0 N–H and O–H groups in total. The Labute approximate surface area is 301 Å². The first-order valence-electron chi connectivity index (χ1n) is 16.5. The minimum Gasteiger partial charge on any atom is -0.378 e. The number of rotatable bonds is 8. The molecule has 0 unspecified atom stereocenters. The van der Waals surface area contributed by atoms with Gasteiger partial charge in [0.15, 0.2) is 12.4 Å². The number of hydrazone groups is 1. The quantitative estimate of drug-likeness (QED) is 0.0757. The van der Waals surface area contributed by atoms with Gasteiger partial charge in [-0.2, -0.15) is 5.10 Å². The number of aromatic nitrogens is 5. The number of imidazole rings is 2. The molecule has 0 fully saturated rings. The molecule has 0 amide bonds. The Kier molecular flexibility index (Phi) is 13.6. The summed E-state index contributed by atoms with van der Waals surface area (Å²) in [6, 6.07) is 30.1. The second-order valence-electron chi connectivity index (χ2n) is 12.2. The van der Waals surface area contributed by atoms with Crippen LogP contribution in [0.5, 0.6) is 0 Å². The van der Waals surface area contributed by atoms with E-state index < -0.39 is 0 Å². The van der Waals surface area contributed by atoms with E-state index in [0.717, 1.165) is 40.2 Å². The first-order valence-corrected chi connectivity index (χ1v) is 16.5. The SMILES string of the molecule is CN(/N=C/c1cc[n+](C)cc1)c1ccccc1.CN(C)c1ccc(N=Nc2n(C)cc[n+]2C)cc1.Cc1ccc(N=Nc2n(C)cc[n+]2C)cc1. The summed E-state index contributed by atoms with van der Waals surface area (Å²) in [5, 5.41) is 23.1. The number of anilines is 2. The van der Waals surface area contributed by atoms with Crippen molar-refractivity contribution >= 4 is 40.9 Å². The fraction of sp³-hybridized carbons (Fsp3) is 0.231. The molecule has 0 atom stereocenters. The number of hydrogen-bond acceptors (Lipinski definition) is 7. The smallest absolute Gasteiger partial charge is 0.378 e. The van der Waals surface area contributed by atoms with Crippen LogP contribution in [-0.2, 0) is 35.2 Å². The van der Waals surface area contributed by atoms with Crippen molar-refractivity contribution in [2.45, 2.75) is 6.92 Å². The number of azo groups is 2. The van der Waals surface area contributed by atoms with Crippen LogP contribution in [0.4, 0.5) is 34.6 Å². The van der Waals surface area contributed by atoms with Crippen molar-refractivity contribution < 1.29 is 13.7 Å².